The van der Waals surface area contributed by atoms with Gasteiger partial charge in [0, 0.05) is 36.5 Å². The molecule has 128 valence electrons. The van der Waals surface area contributed by atoms with Crippen LogP contribution in [0.3, 0.4) is 0 Å². The maximum Gasteiger partial charge on any atom is 0.246 e. The molecule has 0 heterocycles. The molecule has 0 aliphatic carbocycles. The van der Waals surface area contributed by atoms with Gasteiger partial charge in [0.05, 0.1) is 13.7 Å². The van der Waals surface area contributed by atoms with Crippen LogP contribution in [0, 0.1) is 0 Å². The third-order valence-corrected chi connectivity index (χ3v) is 3.97. The normalized spacial score (nSPS) is 10.3. The van der Waals surface area contributed by atoms with E-state index in [9.17, 15) is 4.79 Å². The number of hydrogen-bond donors (Lipinski definition) is 1. The highest BCUT2D eigenvalue weighted by Crippen LogP contribution is 2.21. The van der Waals surface area contributed by atoms with Gasteiger partial charge in [-0.1, -0.05) is 17.7 Å². The zero-order chi connectivity index (χ0) is 17.5. The molecule has 2 aromatic carbocycles. The molecule has 0 saturated heterocycles. The van der Waals surface area contributed by atoms with Crippen molar-refractivity contribution in [3.63, 3.8) is 0 Å². The van der Waals surface area contributed by atoms with Crippen LogP contribution in [-0.2, 0) is 4.79 Å². The molecule has 0 radical (unpaired) electrons. The second kappa shape index (κ2) is 8.57. The number of ether oxygens (including phenoxy) is 1. The Bertz CT molecular complexity index is 676. The fourth-order valence-corrected chi connectivity index (χ4v) is 2.53. The number of rotatable bonds is 7. The smallest absolute Gasteiger partial charge is 0.246 e. The van der Waals surface area contributed by atoms with Crippen molar-refractivity contribution in [3.8, 4) is 5.75 Å². The van der Waals surface area contributed by atoms with Gasteiger partial charge in [0.15, 0.2) is 0 Å². The van der Waals surface area contributed by atoms with Crippen LogP contribution in [0.15, 0.2) is 48.5 Å². The predicted octanol–water partition coefficient (Wildman–Crippen LogP) is 2.78. The van der Waals surface area contributed by atoms with E-state index in [1.807, 2.05) is 47.4 Å². The molecule has 2 aromatic rings. The number of benzene rings is 2. The molecule has 1 amide bonds. The first kappa shape index (κ1) is 18.1. The summed E-state index contributed by atoms with van der Waals surface area (Å²) in [5, 5.41) is 0.630. The third-order valence-electron chi connectivity index (χ3n) is 3.73. The first-order valence-electron chi connectivity index (χ1n) is 7.66. The summed E-state index contributed by atoms with van der Waals surface area (Å²) in [6.45, 7) is 1.24. The Hall–Kier alpha value is -2.24. The van der Waals surface area contributed by atoms with E-state index >= 15 is 0 Å². The van der Waals surface area contributed by atoms with Gasteiger partial charge in [-0.3, -0.25) is 4.79 Å². The van der Waals surface area contributed by atoms with E-state index in [2.05, 4.69) is 0 Å². The van der Waals surface area contributed by atoms with E-state index in [0.29, 0.717) is 18.1 Å². The Kier molecular flexibility index (Phi) is 6.46. The van der Waals surface area contributed by atoms with Crippen LogP contribution < -0.4 is 20.3 Å². The number of nitrogens with two attached hydrogens (primary N) is 1. The molecule has 0 saturated carbocycles. The highest BCUT2D eigenvalue weighted by Gasteiger charge is 2.16. The van der Waals surface area contributed by atoms with Crippen molar-refractivity contribution in [2.45, 2.75) is 0 Å². The van der Waals surface area contributed by atoms with E-state index in [1.165, 1.54) is 0 Å². The molecule has 0 aliphatic heterocycles. The Labute approximate surface area is 147 Å². The summed E-state index contributed by atoms with van der Waals surface area (Å²) in [7, 11) is 3.36. The van der Waals surface area contributed by atoms with Gasteiger partial charge in [-0.05, 0) is 42.5 Å². The van der Waals surface area contributed by atoms with Crippen LogP contribution in [0.5, 0.6) is 5.75 Å². The Morgan fingerprint density at radius 3 is 2.46 bits per heavy atom. The van der Waals surface area contributed by atoms with Gasteiger partial charge in [-0.15, -0.1) is 0 Å². The monoisotopic (exact) mass is 347 g/mol. The van der Waals surface area contributed by atoms with Gasteiger partial charge < -0.3 is 20.3 Å². The van der Waals surface area contributed by atoms with E-state index in [1.54, 1.807) is 25.1 Å². The standard InChI is InChI=1S/C18H22ClN3O2/c1-21(15-6-8-17(24-2)9-7-15)18(23)13-22(11-10-20)16-5-3-4-14(19)12-16/h3-9,12H,10-11,13,20H2,1-2H3. The van der Waals surface area contributed by atoms with Gasteiger partial charge in [-0.2, -0.15) is 0 Å². The lowest BCUT2D eigenvalue weighted by Crippen LogP contribution is -2.40. The van der Waals surface area contributed by atoms with Gasteiger partial charge in [0.25, 0.3) is 0 Å². The minimum atomic E-state index is -0.0337. The molecule has 0 bridgehead atoms. The molecule has 0 unspecified atom stereocenters. The number of nitrogens with zero attached hydrogens (tertiary/aromatic N) is 2. The van der Waals surface area contributed by atoms with E-state index in [4.69, 9.17) is 22.1 Å². The minimum absolute atomic E-state index is 0.0337. The summed E-state index contributed by atoms with van der Waals surface area (Å²) in [6.07, 6.45) is 0. The first-order chi connectivity index (χ1) is 11.5. The van der Waals surface area contributed by atoms with Gasteiger partial charge in [0.2, 0.25) is 5.91 Å². The van der Waals surface area contributed by atoms with E-state index < -0.39 is 0 Å². The van der Waals surface area contributed by atoms with Crippen LogP contribution in [0.25, 0.3) is 0 Å². The summed E-state index contributed by atoms with van der Waals surface area (Å²) in [5.74, 6) is 0.719. The quantitative estimate of drug-likeness (QED) is 0.836. The number of anilines is 2. The summed E-state index contributed by atoms with van der Waals surface area (Å²) in [5.41, 5.74) is 7.37. The molecule has 2 rings (SSSR count). The zero-order valence-corrected chi connectivity index (χ0v) is 14.7. The van der Waals surface area contributed by atoms with Crippen molar-refractivity contribution in [2.75, 3.05) is 43.6 Å². The van der Waals surface area contributed by atoms with Crippen molar-refractivity contribution in [1.82, 2.24) is 0 Å². The molecule has 0 atom stereocenters. The Morgan fingerprint density at radius 2 is 1.88 bits per heavy atom. The number of likely N-dealkylation sites (N-methyl/N-ethyl adjacent to an activating group) is 1. The van der Waals surface area contributed by atoms with Gasteiger partial charge in [-0.25, -0.2) is 0 Å². The molecule has 0 aliphatic rings. The fraction of sp³-hybridized carbons (Fsp3) is 0.278. The first-order valence-corrected chi connectivity index (χ1v) is 8.04. The van der Waals surface area contributed by atoms with Crippen LogP contribution in [0.2, 0.25) is 5.02 Å². The lowest BCUT2D eigenvalue weighted by atomic mass is 10.2. The van der Waals surface area contributed by atoms with Crippen LogP contribution in [0.1, 0.15) is 0 Å². The summed E-state index contributed by atoms with van der Waals surface area (Å²) in [6, 6.07) is 14.8. The van der Waals surface area contributed by atoms with Gasteiger partial charge in [0.1, 0.15) is 5.75 Å². The number of carbonyl (C=O) groups is 1. The Balaban J connectivity index is 2.11. The highest BCUT2D eigenvalue weighted by molar-refractivity contribution is 6.30. The number of carbonyl (C=O) groups excluding carboxylic acids is 1. The van der Waals surface area contributed by atoms with Crippen molar-refractivity contribution in [3.05, 3.63) is 53.6 Å². The molecule has 6 heteroatoms. The minimum Gasteiger partial charge on any atom is -0.497 e. The fourth-order valence-electron chi connectivity index (χ4n) is 2.35. The van der Waals surface area contributed by atoms with Crippen molar-refractivity contribution < 1.29 is 9.53 Å². The van der Waals surface area contributed by atoms with E-state index in [0.717, 1.165) is 17.1 Å². The summed E-state index contributed by atoms with van der Waals surface area (Å²) < 4.78 is 5.14. The number of halogens is 1. The third kappa shape index (κ3) is 4.63. The van der Waals surface area contributed by atoms with Crippen LogP contribution in [-0.4, -0.2) is 39.7 Å². The largest absolute Gasteiger partial charge is 0.497 e. The second-order valence-corrected chi connectivity index (χ2v) is 5.78. The average Bonchev–Trinajstić information content (AvgIpc) is 2.60. The van der Waals surface area contributed by atoms with Crippen molar-refractivity contribution in [1.29, 1.82) is 0 Å². The molecule has 5 nitrogen and oxygen atoms in total. The highest BCUT2D eigenvalue weighted by atomic mass is 35.5. The van der Waals surface area contributed by atoms with E-state index in [-0.39, 0.29) is 12.5 Å². The number of methoxy groups -OCH3 is 1. The SMILES string of the molecule is COc1ccc(N(C)C(=O)CN(CCN)c2cccc(Cl)c2)cc1. The predicted molar refractivity (Wildman–Crippen MR) is 99.1 cm³/mol. The van der Waals surface area contributed by atoms with Crippen LogP contribution >= 0.6 is 11.6 Å². The maximum atomic E-state index is 12.6. The number of amides is 1. The summed E-state index contributed by atoms with van der Waals surface area (Å²) in [4.78, 5) is 16.2. The molecular formula is C18H22ClN3O2. The molecule has 24 heavy (non-hydrogen) atoms. The van der Waals surface area contributed by atoms with Gasteiger partial charge >= 0.3 is 0 Å². The average molecular weight is 348 g/mol. The maximum absolute atomic E-state index is 12.6. The second-order valence-electron chi connectivity index (χ2n) is 5.34. The zero-order valence-electron chi connectivity index (χ0n) is 13.9. The topological polar surface area (TPSA) is 58.8 Å². The van der Waals surface area contributed by atoms with Crippen molar-refractivity contribution in [2.24, 2.45) is 5.73 Å². The lowest BCUT2D eigenvalue weighted by Gasteiger charge is -2.27. The molecule has 0 fully saturated rings. The van der Waals surface area contributed by atoms with Crippen LogP contribution in [0.4, 0.5) is 11.4 Å². The van der Waals surface area contributed by atoms with Crippen molar-refractivity contribution >= 4 is 28.9 Å². The lowest BCUT2D eigenvalue weighted by molar-refractivity contribution is -0.117. The Morgan fingerprint density at radius 1 is 1.17 bits per heavy atom. The molecule has 2 N–H and O–H groups in total. The molecular weight excluding hydrogens is 326 g/mol. The molecule has 0 spiro atoms. The summed E-state index contributed by atoms with van der Waals surface area (Å²) >= 11 is 6.05. The molecule has 0 aromatic heterocycles. The number of hydrogen-bond acceptors (Lipinski definition) is 4.